The summed E-state index contributed by atoms with van der Waals surface area (Å²) in [5.74, 6) is 0.0185. The van der Waals surface area contributed by atoms with E-state index in [9.17, 15) is 13.6 Å². The van der Waals surface area contributed by atoms with E-state index < -0.39 is 6.43 Å². The molecular weight excluding hydrogens is 216 g/mol. The van der Waals surface area contributed by atoms with Crippen LogP contribution in [0.5, 0.6) is 0 Å². The molecule has 0 spiro atoms. The Balaban J connectivity index is 2.38. The minimum atomic E-state index is -2.33. The lowest BCUT2D eigenvalue weighted by Crippen LogP contribution is -2.51. The van der Waals surface area contributed by atoms with Crippen LogP contribution in [0, 0.1) is 5.92 Å². The number of carbonyl (C=O) groups is 1. The second kappa shape index (κ2) is 6.10. The molecule has 4 nitrogen and oxygen atoms in total. The predicted octanol–water partition coefficient (Wildman–Crippen LogP) is 0.0368. The number of nitrogens with two attached hydrogens (primary N) is 1. The predicted molar refractivity (Wildman–Crippen MR) is 57.2 cm³/mol. The van der Waals surface area contributed by atoms with Gasteiger partial charge < -0.3 is 11.1 Å². The number of hydrogen-bond acceptors (Lipinski definition) is 3. The molecule has 6 heteroatoms. The molecule has 0 saturated carbocycles. The number of nitrogens with one attached hydrogen (secondary N) is 1. The second-order valence-electron chi connectivity index (χ2n) is 4.50. The standard InChI is InChI=1S/C10H19F2N3O/c1-7-2-8(14-3-9(11)12)5-15(4-7)6-10(13)16/h7-9,14H,2-6H2,1H3,(H2,13,16). The zero-order chi connectivity index (χ0) is 12.1. The van der Waals surface area contributed by atoms with Crippen LogP contribution in [0.3, 0.4) is 0 Å². The van der Waals surface area contributed by atoms with E-state index in [0.29, 0.717) is 12.5 Å². The average molecular weight is 235 g/mol. The number of nitrogens with zero attached hydrogens (tertiary/aromatic N) is 1. The zero-order valence-electron chi connectivity index (χ0n) is 9.46. The highest BCUT2D eigenvalue weighted by Gasteiger charge is 2.25. The third-order valence-electron chi connectivity index (χ3n) is 2.68. The fourth-order valence-corrected chi connectivity index (χ4v) is 2.21. The summed E-state index contributed by atoms with van der Waals surface area (Å²) in [4.78, 5) is 12.7. The van der Waals surface area contributed by atoms with Crippen molar-refractivity contribution in [3.05, 3.63) is 0 Å². The van der Waals surface area contributed by atoms with Crippen LogP contribution in [0.1, 0.15) is 13.3 Å². The molecule has 1 aliphatic rings. The van der Waals surface area contributed by atoms with Crippen LogP contribution in [-0.2, 0) is 4.79 Å². The number of hydrogen-bond donors (Lipinski definition) is 2. The van der Waals surface area contributed by atoms with Gasteiger partial charge in [0, 0.05) is 19.1 Å². The molecule has 0 bridgehead atoms. The molecule has 1 rings (SSSR count). The Bertz CT molecular complexity index is 238. The van der Waals surface area contributed by atoms with E-state index in [2.05, 4.69) is 5.32 Å². The monoisotopic (exact) mass is 235 g/mol. The van der Waals surface area contributed by atoms with E-state index in [1.807, 2.05) is 11.8 Å². The molecule has 2 atom stereocenters. The third-order valence-corrected chi connectivity index (χ3v) is 2.68. The highest BCUT2D eigenvalue weighted by Crippen LogP contribution is 2.16. The number of halogens is 2. The summed E-state index contributed by atoms with van der Waals surface area (Å²) < 4.78 is 24.1. The van der Waals surface area contributed by atoms with Crippen molar-refractivity contribution in [3.8, 4) is 0 Å². The van der Waals surface area contributed by atoms with Gasteiger partial charge in [0.2, 0.25) is 5.91 Å². The van der Waals surface area contributed by atoms with Gasteiger partial charge in [-0.15, -0.1) is 0 Å². The largest absolute Gasteiger partial charge is 0.369 e. The van der Waals surface area contributed by atoms with E-state index in [1.165, 1.54) is 0 Å². The summed E-state index contributed by atoms with van der Waals surface area (Å²) in [6.07, 6.45) is -1.47. The van der Waals surface area contributed by atoms with Crippen molar-refractivity contribution >= 4 is 5.91 Å². The summed E-state index contributed by atoms with van der Waals surface area (Å²) in [6, 6.07) is 0.0251. The smallest absolute Gasteiger partial charge is 0.250 e. The van der Waals surface area contributed by atoms with E-state index >= 15 is 0 Å². The van der Waals surface area contributed by atoms with Crippen LogP contribution in [0.2, 0.25) is 0 Å². The minimum Gasteiger partial charge on any atom is -0.369 e. The van der Waals surface area contributed by atoms with Crippen molar-refractivity contribution in [1.29, 1.82) is 0 Å². The van der Waals surface area contributed by atoms with Gasteiger partial charge in [-0.2, -0.15) is 0 Å². The molecule has 1 aliphatic heterocycles. The van der Waals surface area contributed by atoms with E-state index in [1.54, 1.807) is 0 Å². The topological polar surface area (TPSA) is 58.4 Å². The van der Waals surface area contributed by atoms with Crippen molar-refractivity contribution in [2.75, 3.05) is 26.2 Å². The van der Waals surface area contributed by atoms with Crippen molar-refractivity contribution in [2.45, 2.75) is 25.8 Å². The fourth-order valence-electron chi connectivity index (χ4n) is 2.21. The molecule has 0 radical (unpaired) electrons. The van der Waals surface area contributed by atoms with Gasteiger partial charge in [-0.3, -0.25) is 9.69 Å². The molecule has 1 saturated heterocycles. The van der Waals surface area contributed by atoms with Gasteiger partial charge >= 0.3 is 0 Å². The lowest BCUT2D eigenvalue weighted by molar-refractivity contribution is -0.119. The van der Waals surface area contributed by atoms with Gasteiger partial charge in [0.15, 0.2) is 0 Å². The molecule has 1 fully saturated rings. The third kappa shape index (κ3) is 4.85. The quantitative estimate of drug-likeness (QED) is 0.707. The lowest BCUT2D eigenvalue weighted by atomic mass is 9.96. The van der Waals surface area contributed by atoms with Crippen LogP contribution >= 0.6 is 0 Å². The van der Waals surface area contributed by atoms with Crippen LogP contribution < -0.4 is 11.1 Å². The first-order valence-corrected chi connectivity index (χ1v) is 5.49. The number of rotatable bonds is 5. The molecule has 0 aromatic heterocycles. The summed E-state index contributed by atoms with van der Waals surface area (Å²) in [5, 5.41) is 2.81. The molecule has 94 valence electrons. The Kier molecular flexibility index (Phi) is 5.08. The van der Waals surface area contributed by atoms with Crippen LogP contribution in [-0.4, -0.2) is 49.5 Å². The van der Waals surface area contributed by atoms with Gasteiger partial charge in [-0.05, 0) is 12.3 Å². The van der Waals surface area contributed by atoms with Gasteiger partial charge in [-0.1, -0.05) is 6.92 Å². The van der Waals surface area contributed by atoms with Gasteiger partial charge in [-0.25, -0.2) is 8.78 Å². The molecule has 1 amide bonds. The van der Waals surface area contributed by atoms with Gasteiger partial charge in [0.25, 0.3) is 6.43 Å². The SMILES string of the molecule is CC1CC(NCC(F)F)CN(CC(N)=O)C1. The van der Waals surface area contributed by atoms with Crippen LogP contribution in [0.15, 0.2) is 0 Å². The molecule has 0 aromatic rings. The number of carbonyl (C=O) groups excluding carboxylic acids is 1. The van der Waals surface area contributed by atoms with Crippen molar-refractivity contribution in [3.63, 3.8) is 0 Å². The number of primary amides is 1. The maximum atomic E-state index is 12.0. The number of likely N-dealkylation sites (tertiary alicyclic amines) is 1. The fraction of sp³-hybridized carbons (Fsp3) is 0.900. The molecule has 0 aromatic carbocycles. The van der Waals surface area contributed by atoms with E-state index in [0.717, 1.165) is 13.0 Å². The van der Waals surface area contributed by atoms with Crippen molar-refractivity contribution < 1.29 is 13.6 Å². The first kappa shape index (κ1) is 13.3. The summed E-state index contributed by atoms with van der Waals surface area (Å²) in [5.41, 5.74) is 5.12. The van der Waals surface area contributed by atoms with E-state index in [4.69, 9.17) is 5.73 Å². The van der Waals surface area contributed by atoms with Crippen LogP contribution in [0.4, 0.5) is 8.78 Å². The maximum absolute atomic E-state index is 12.0. The second-order valence-corrected chi connectivity index (χ2v) is 4.50. The lowest BCUT2D eigenvalue weighted by Gasteiger charge is -2.36. The first-order valence-electron chi connectivity index (χ1n) is 5.49. The minimum absolute atomic E-state index is 0.0251. The van der Waals surface area contributed by atoms with Gasteiger partial charge in [0.05, 0.1) is 13.1 Å². The first-order chi connectivity index (χ1) is 7.47. The van der Waals surface area contributed by atoms with Crippen LogP contribution in [0.25, 0.3) is 0 Å². The normalized spacial score (nSPS) is 27.2. The number of amides is 1. The summed E-state index contributed by atoms with van der Waals surface area (Å²) in [7, 11) is 0. The Hall–Kier alpha value is -0.750. The Morgan fingerprint density at radius 1 is 1.56 bits per heavy atom. The number of alkyl halides is 2. The Labute approximate surface area is 94.2 Å². The van der Waals surface area contributed by atoms with Gasteiger partial charge in [0.1, 0.15) is 0 Å². The molecule has 0 aliphatic carbocycles. The highest BCUT2D eigenvalue weighted by molar-refractivity contribution is 5.75. The van der Waals surface area contributed by atoms with Crippen molar-refractivity contribution in [1.82, 2.24) is 10.2 Å². The summed E-state index contributed by atoms with van der Waals surface area (Å²) >= 11 is 0. The average Bonchev–Trinajstić information content (AvgIpc) is 2.12. The van der Waals surface area contributed by atoms with E-state index in [-0.39, 0.29) is 25.0 Å². The molecular formula is C10H19F2N3O. The molecule has 16 heavy (non-hydrogen) atoms. The Morgan fingerprint density at radius 2 is 2.25 bits per heavy atom. The highest BCUT2D eigenvalue weighted by atomic mass is 19.3. The molecule has 3 N–H and O–H groups in total. The maximum Gasteiger partial charge on any atom is 0.250 e. The van der Waals surface area contributed by atoms with Crippen molar-refractivity contribution in [2.24, 2.45) is 11.7 Å². The zero-order valence-corrected chi connectivity index (χ0v) is 9.46. The number of piperidine rings is 1. The summed E-state index contributed by atoms with van der Waals surface area (Å²) in [6.45, 7) is 3.37. The Morgan fingerprint density at radius 3 is 2.81 bits per heavy atom. The molecule has 1 heterocycles. The molecule has 2 unspecified atom stereocenters.